The molecular formula is C20H24F2N4O2. The molecule has 0 atom stereocenters. The van der Waals surface area contributed by atoms with Crippen LogP contribution in [0, 0.1) is 11.6 Å². The Balaban J connectivity index is 2.07. The van der Waals surface area contributed by atoms with Gasteiger partial charge in [0, 0.05) is 19.7 Å². The Morgan fingerprint density at radius 3 is 2.68 bits per heavy atom. The van der Waals surface area contributed by atoms with Gasteiger partial charge in [0.05, 0.1) is 17.8 Å². The fourth-order valence-corrected chi connectivity index (χ4v) is 3.48. The molecular weight excluding hydrogens is 366 g/mol. The second-order valence-electron chi connectivity index (χ2n) is 6.83. The van der Waals surface area contributed by atoms with Crippen LogP contribution in [0.25, 0.3) is 11.4 Å². The number of aromatic nitrogens is 2. The fraction of sp³-hybridized carbons (Fsp3) is 0.450. The van der Waals surface area contributed by atoms with Crippen molar-refractivity contribution >= 4 is 11.8 Å². The molecule has 1 aliphatic heterocycles. The highest BCUT2D eigenvalue weighted by Crippen LogP contribution is 2.30. The Morgan fingerprint density at radius 2 is 1.96 bits per heavy atom. The lowest BCUT2D eigenvalue weighted by Gasteiger charge is -2.11. The number of likely N-dealkylation sites (N-methyl/N-ethyl adjacent to an activating group) is 1. The van der Waals surface area contributed by atoms with Crippen LogP contribution in [0.3, 0.4) is 0 Å². The summed E-state index contributed by atoms with van der Waals surface area (Å²) in [6.45, 7) is 2.24. The lowest BCUT2D eigenvalue weighted by Crippen LogP contribution is -2.35. The van der Waals surface area contributed by atoms with Gasteiger partial charge < -0.3 is 15.2 Å². The number of benzene rings is 1. The average molecular weight is 390 g/mol. The maximum atomic E-state index is 14.6. The molecule has 3 rings (SSSR count). The number of carbonyl (C=O) groups excluding carboxylic acids is 2. The Bertz CT molecular complexity index is 908. The highest BCUT2D eigenvalue weighted by Gasteiger charge is 2.26. The molecule has 0 radical (unpaired) electrons. The van der Waals surface area contributed by atoms with Crippen LogP contribution in [0.15, 0.2) is 12.1 Å². The van der Waals surface area contributed by atoms with Gasteiger partial charge in [-0.05, 0) is 37.3 Å². The van der Waals surface area contributed by atoms with Gasteiger partial charge in [0.25, 0.3) is 5.91 Å². The minimum absolute atomic E-state index is 0.165. The van der Waals surface area contributed by atoms with E-state index in [9.17, 15) is 18.4 Å². The summed E-state index contributed by atoms with van der Waals surface area (Å²) in [4.78, 5) is 28.5. The Morgan fingerprint density at radius 1 is 1.18 bits per heavy atom. The summed E-state index contributed by atoms with van der Waals surface area (Å²) in [5.41, 5.74) is 1.51. The molecule has 0 bridgehead atoms. The van der Waals surface area contributed by atoms with E-state index in [0.717, 1.165) is 31.0 Å². The zero-order valence-electron chi connectivity index (χ0n) is 16.1. The Labute approximate surface area is 162 Å². The van der Waals surface area contributed by atoms with E-state index in [1.807, 2.05) is 4.57 Å². The van der Waals surface area contributed by atoms with Gasteiger partial charge in [-0.15, -0.1) is 0 Å². The van der Waals surface area contributed by atoms with Crippen molar-refractivity contribution in [2.75, 3.05) is 13.6 Å². The van der Waals surface area contributed by atoms with E-state index in [1.54, 1.807) is 6.92 Å². The number of nitrogens with zero attached hydrogens (tertiary/aromatic N) is 2. The first-order valence-electron chi connectivity index (χ1n) is 9.52. The maximum absolute atomic E-state index is 14.6. The van der Waals surface area contributed by atoms with Crippen molar-refractivity contribution in [2.24, 2.45) is 0 Å². The first kappa shape index (κ1) is 20.0. The van der Waals surface area contributed by atoms with Crippen molar-refractivity contribution < 1.29 is 18.4 Å². The van der Waals surface area contributed by atoms with Crippen LogP contribution in [-0.4, -0.2) is 35.0 Å². The van der Waals surface area contributed by atoms with E-state index in [0.29, 0.717) is 30.8 Å². The molecule has 28 heavy (non-hydrogen) atoms. The lowest BCUT2D eigenvalue weighted by molar-refractivity contribution is -0.119. The van der Waals surface area contributed by atoms with Crippen LogP contribution in [0.5, 0.6) is 0 Å². The lowest BCUT2D eigenvalue weighted by atomic mass is 10.1. The molecule has 0 saturated heterocycles. The number of hydrogen-bond acceptors (Lipinski definition) is 3. The molecule has 0 saturated carbocycles. The number of halogens is 2. The number of carbonyl (C=O) groups is 2. The quantitative estimate of drug-likeness (QED) is 0.824. The zero-order chi connectivity index (χ0) is 20.3. The Hall–Kier alpha value is -2.77. The molecule has 6 nitrogen and oxygen atoms in total. The molecule has 1 aromatic carbocycles. The summed E-state index contributed by atoms with van der Waals surface area (Å²) in [6.07, 6.45) is 3.84. The fourth-order valence-electron chi connectivity index (χ4n) is 3.48. The number of rotatable bonds is 5. The van der Waals surface area contributed by atoms with Crippen LogP contribution >= 0.6 is 0 Å². The van der Waals surface area contributed by atoms with Crippen LogP contribution in [0.1, 0.15) is 47.9 Å². The van der Waals surface area contributed by atoms with E-state index in [2.05, 4.69) is 15.6 Å². The van der Waals surface area contributed by atoms with Crippen molar-refractivity contribution in [3.8, 4) is 11.4 Å². The van der Waals surface area contributed by atoms with Crippen LogP contribution in [0.2, 0.25) is 0 Å². The largest absolute Gasteiger partial charge is 0.358 e. The van der Waals surface area contributed by atoms with Crippen molar-refractivity contribution in [1.29, 1.82) is 0 Å². The number of aryl methyl sites for hydroxylation is 1. The smallest absolute Gasteiger partial charge is 0.272 e. The molecule has 0 aliphatic carbocycles. The SMILES string of the molecule is CCc1cc(-c2nc(C(=O)NCC(=O)NC)c3n2CCCCC3)c(F)cc1F. The molecule has 150 valence electrons. The molecule has 2 N–H and O–H groups in total. The molecule has 1 aliphatic rings. The number of amides is 2. The van der Waals surface area contributed by atoms with Crippen molar-refractivity contribution in [1.82, 2.24) is 20.2 Å². The van der Waals surface area contributed by atoms with E-state index < -0.39 is 17.5 Å². The standard InChI is InChI=1S/C20H24F2N4O2/c1-3-12-9-13(15(22)10-14(12)21)19-25-18(20(28)24-11-17(27)23-2)16-7-5-4-6-8-26(16)19/h9-10H,3-8,11H2,1-2H3,(H,23,27)(H,24,28). The van der Waals surface area contributed by atoms with Gasteiger partial charge in [0.15, 0.2) is 0 Å². The Kier molecular flexibility index (Phi) is 6.06. The van der Waals surface area contributed by atoms with Gasteiger partial charge >= 0.3 is 0 Å². The predicted octanol–water partition coefficient (Wildman–Crippen LogP) is 2.59. The van der Waals surface area contributed by atoms with Gasteiger partial charge in [0.2, 0.25) is 5.91 Å². The summed E-state index contributed by atoms with van der Waals surface area (Å²) in [5.74, 6) is -1.76. The van der Waals surface area contributed by atoms with Crippen molar-refractivity contribution in [3.05, 3.63) is 40.7 Å². The first-order valence-corrected chi connectivity index (χ1v) is 9.52. The highest BCUT2D eigenvalue weighted by atomic mass is 19.1. The molecule has 2 heterocycles. The molecule has 0 unspecified atom stereocenters. The molecule has 1 aromatic heterocycles. The minimum Gasteiger partial charge on any atom is -0.358 e. The van der Waals surface area contributed by atoms with Crippen molar-refractivity contribution in [2.45, 2.75) is 45.6 Å². The van der Waals surface area contributed by atoms with Gasteiger partial charge in [-0.2, -0.15) is 0 Å². The number of fused-ring (bicyclic) bond motifs is 1. The third kappa shape index (κ3) is 3.90. The van der Waals surface area contributed by atoms with Gasteiger partial charge in [-0.1, -0.05) is 13.3 Å². The second-order valence-corrected chi connectivity index (χ2v) is 6.83. The van der Waals surface area contributed by atoms with Crippen LogP contribution in [-0.2, 0) is 24.2 Å². The average Bonchev–Trinajstić information content (AvgIpc) is 2.87. The molecule has 8 heteroatoms. The highest BCUT2D eigenvalue weighted by molar-refractivity contribution is 5.96. The first-order chi connectivity index (χ1) is 13.5. The number of imidazole rings is 1. The third-order valence-corrected chi connectivity index (χ3v) is 5.03. The van der Waals surface area contributed by atoms with Gasteiger partial charge in [-0.3, -0.25) is 9.59 Å². The van der Waals surface area contributed by atoms with E-state index in [-0.39, 0.29) is 23.7 Å². The van der Waals surface area contributed by atoms with Crippen molar-refractivity contribution in [3.63, 3.8) is 0 Å². The topological polar surface area (TPSA) is 76.0 Å². The summed E-state index contributed by atoms with van der Waals surface area (Å²) in [6, 6.07) is 2.34. The third-order valence-electron chi connectivity index (χ3n) is 5.03. The number of nitrogens with one attached hydrogen (secondary N) is 2. The summed E-state index contributed by atoms with van der Waals surface area (Å²) in [5, 5.41) is 4.99. The van der Waals surface area contributed by atoms with E-state index >= 15 is 0 Å². The van der Waals surface area contributed by atoms with Crippen LogP contribution in [0.4, 0.5) is 8.78 Å². The van der Waals surface area contributed by atoms with Gasteiger partial charge in [0.1, 0.15) is 23.2 Å². The minimum atomic E-state index is -0.705. The summed E-state index contributed by atoms with van der Waals surface area (Å²) in [7, 11) is 1.48. The summed E-state index contributed by atoms with van der Waals surface area (Å²) < 4.78 is 30.4. The maximum Gasteiger partial charge on any atom is 0.272 e. The molecule has 2 amide bonds. The number of hydrogen-bond donors (Lipinski definition) is 2. The monoisotopic (exact) mass is 390 g/mol. The second kappa shape index (κ2) is 8.50. The normalized spacial score (nSPS) is 13.6. The zero-order valence-corrected chi connectivity index (χ0v) is 16.1. The molecule has 2 aromatic rings. The molecule has 0 spiro atoms. The van der Waals surface area contributed by atoms with Gasteiger partial charge in [-0.25, -0.2) is 13.8 Å². The van der Waals surface area contributed by atoms with E-state index in [4.69, 9.17) is 0 Å². The summed E-state index contributed by atoms with van der Waals surface area (Å²) >= 11 is 0. The predicted molar refractivity (Wildman–Crippen MR) is 101 cm³/mol. The van der Waals surface area contributed by atoms with E-state index in [1.165, 1.54) is 13.1 Å². The van der Waals surface area contributed by atoms with Crippen LogP contribution < -0.4 is 10.6 Å². The molecule has 0 fully saturated rings.